The first-order valence-corrected chi connectivity index (χ1v) is 5.14. The van der Waals surface area contributed by atoms with Crippen LogP contribution in [0.5, 0.6) is 0 Å². The summed E-state index contributed by atoms with van der Waals surface area (Å²) in [6, 6.07) is 7.17. The van der Waals surface area contributed by atoms with E-state index in [0.717, 1.165) is 0 Å². The molecule has 0 saturated heterocycles. The molecule has 0 radical (unpaired) electrons. The van der Waals surface area contributed by atoms with Gasteiger partial charge in [-0.3, -0.25) is 0 Å². The average Bonchev–Trinajstić information content (AvgIpc) is 2.77. The van der Waals surface area contributed by atoms with Gasteiger partial charge in [-0.1, -0.05) is 17.7 Å². The van der Waals surface area contributed by atoms with E-state index in [-0.39, 0.29) is 22.1 Å². The summed E-state index contributed by atoms with van der Waals surface area (Å²) in [7, 11) is 1.24. The molecule has 5 heteroatoms. The van der Waals surface area contributed by atoms with E-state index in [9.17, 15) is 9.18 Å². The predicted molar refractivity (Wildman–Crippen MR) is 60.5 cm³/mol. The van der Waals surface area contributed by atoms with Gasteiger partial charge in [-0.25, -0.2) is 9.18 Å². The SMILES string of the molecule is COC(=O)c1ccc(-c2c(F)cccc2Cl)o1. The molecule has 1 heterocycles. The molecule has 2 aromatic rings. The summed E-state index contributed by atoms with van der Waals surface area (Å²) in [6.45, 7) is 0. The van der Waals surface area contributed by atoms with E-state index in [1.165, 1.54) is 31.4 Å². The molecule has 0 aliphatic rings. The maximum Gasteiger partial charge on any atom is 0.373 e. The van der Waals surface area contributed by atoms with E-state index in [1.807, 2.05) is 0 Å². The van der Waals surface area contributed by atoms with E-state index >= 15 is 0 Å². The minimum atomic E-state index is -0.622. The summed E-state index contributed by atoms with van der Waals surface area (Å²) >= 11 is 5.87. The van der Waals surface area contributed by atoms with Crippen molar-refractivity contribution in [3.8, 4) is 11.3 Å². The van der Waals surface area contributed by atoms with Gasteiger partial charge in [0.15, 0.2) is 0 Å². The van der Waals surface area contributed by atoms with Crippen LogP contribution in [0.4, 0.5) is 4.39 Å². The highest BCUT2D eigenvalue weighted by molar-refractivity contribution is 6.33. The van der Waals surface area contributed by atoms with Gasteiger partial charge in [0.2, 0.25) is 5.76 Å². The predicted octanol–water partition coefficient (Wildman–Crippen LogP) is 3.53. The molecule has 0 spiro atoms. The van der Waals surface area contributed by atoms with Gasteiger partial charge in [0, 0.05) is 0 Å². The van der Waals surface area contributed by atoms with E-state index in [1.54, 1.807) is 6.07 Å². The molecule has 17 heavy (non-hydrogen) atoms. The Bertz CT molecular complexity index is 542. The van der Waals surface area contributed by atoms with Gasteiger partial charge >= 0.3 is 5.97 Å². The number of carbonyl (C=O) groups excluding carboxylic acids is 1. The van der Waals surface area contributed by atoms with Crippen LogP contribution < -0.4 is 0 Å². The molecule has 0 atom stereocenters. The lowest BCUT2D eigenvalue weighted by atomic mass is 10.1. The summed E-state index contributed by atoms with van der Waals surface area (Å²) in [5, 5.41) is 0.218. The van der Waals surface area contributed by atoms with Gasteiger partial charge in [-0.05, 0) is 24.3 Å². The minimum Gasteiger partial charge on any atom is -0.463 e. The quantitative estimate of drug-likeness (QED) is 0.770. The number of hydrogen-bond acceptors (Lipinski definition) is 3. The van der Waals surface area contributed by atoms with Gasteiger partial charge < -0.3 is 9.15 Å². The summed E-state index contributed by atoms with van der Waals surface area (Å²) in [6.07, 6.45) is 0. The molecule has 0 saturated carbocycles. The topological polar surface area (TPSA) is 39.4 Å². The number of rotatable bonds is 2. The van der Waals surface area contributed by atoms with Crippen molar-refractivity contribution in [2.45, 2.75) is 0 Å². The average molecular weight is 255 g/mol. The molecule has 3 nitrogen and oxygen atoms in total. The second-order valence-corrected chi connectivity index (χ2v) is 3.66. The number of ether oxygens (including phenoxy) is 1. The number of furan rings is 1. The molecule has 0 unspecified atom stereocenters. The van der Waals surface area contributed by atoms with Crippen LogP contribution in [0, 0.1) is 5.82 Å². The molecular weight excluding hydrogens is 247 g/mol. The number of carbonyl (C=O) groups is 1. The van der Waals surface area contributed by atoms with Crippen LogP contribution in [-0.4, -0.2) is 13.1 Å². The van der Waals surface area contributed by atoms with E-state index < -0.39 is 11.8 Å². The van der Waals surface area contributed by atoms with Crippen LogP contribution in [0.1, 0.15) is 10.6 Å². The van der Waals surface area contributed by atoms with Crippen molar-refractivity contribution in [2.75, 3.05) is 7.11 Å². The van der Waals surface area contributed by atoms with Gasteiger partial charge in [0.05, 0.1) is 17.7 Å². The lowest BCUT2D eigenvalue weighted by Crippen LogP contribution is -1.98. The Morgan fingerprint density at radius 2 is 2.12 bits per heavy atom. The molecule has 88 valence electrons. The number of benzene rings is 1. The van der Waals surface area contributed by atoms with Crippen LogP contribution in [0.15, 0.2) is 34.7 Å². The molecule has 0 bridgehead atoms. The molecule has 0 fully saturated rings. The fourth-order valence-corrected chi connectivity index (χ4v) is 1.67. The van der Waals surface area contributed by atoms with Crippen LogP contribution in [0.3, 0.4) is 0 Å². The molecule has 0 amide bonds. The van der Waals surface area contributed by atoms with Crippen molar-refractivity contribution >= 4 is 17.6 Å². The molecule has 0 aliphatic heterocycles. The third-order valence-corrected chi connectivity index (χ3v) is 2.52. The van der Waals surface area contributed by atoms with Gasteiger partial charge in [-0.15, -0.1) is 0 Å². The molecular formula is C12H8ClFO3. The van der Waals surface area contributed by atoms with Crippen molar-refractivity contribution in [1.82, 2.24) is 0 Å². The Balaban J connectivity index is 2.47. The lowest BCUT2D eigenvalue weighted by Gasteiger charge is -2.01. The smallest absolute Gasteiger partial charge is 0.373 e. The summed E-state index contributed by atoms with van der Waals surface area (Å²) in [5.74, 6) is -0.942. The van der Waals surface area contributed by atoms with Crippen molar-refractivity contribution in [2.24, 2.45) is 0 Å². The Hall–Kier alpha value is -1.81. The minimum absolute atomic E-state index is 0.00168. The molecule has 0 N–H and O–H groups in total. The van der Waals surface area contributed by atoms with Crippen LogP contribution in [-0.2, 0) is 4.74 Å². The van der Waals surface area contributed by atoms with Crippen molar-refractivity contribution in [1.29, 1.82) is 0 Å². The van der Waals surface area contributed by atoms with Crippen LogP contribution >= 0.6 is 11.6 Å². The molecule has 1 aromatic heterocycles. The first-order valence-electron chi connectivity index (χ1n) is 4.76. The number of esters is 1. The van der Waals surface area contributed by atoms with Gasteiger partial charge in [0.1, 0.15) is 11.6 Å². The van der Waals surface area contributed by atoms with Crippen molar-refractivity contribution < 1.29 is 18.3 Å². The monoisotopic (exact) mass is 254 g/mol. The van der Waals surface area contributed by atoms with Crippen LogP contribution in [0.2, 0.25) is 5.02 Å². The molecule has 1 aromatic carbocycles. The maximum atomic E-state index is 13.6. The highest BCUT2D eigenvalue weighted by Gasteiger charge is 2.16. The maximum absolute atomic E-state index is 13.6. The summed E-state index contributed by atoms with van der Waals surface area (Å²) < 4.78 is 23.2. The standard InChI is InChI=1S/C12H8ClFO3/c1-16-12(15)10-6-5-9(17-10)11-7(13)3-2-4-8(11)14/h2-6H,1H3. The third kappa shape index (κ3) is 2.17. The van der Waals surface area contributed by atoms with E-state index in [0.29, 0.717) is 0 Å². The normalized spacial score (nSPS) is 10.3. The summed E-state index contributed by atoms with van der Waals surface area (Å²) in [4.78, 5) is 11.2. The Kier molecular flexibility index (Phi) is 3.15. The number of halogens is 2. The highest BCUT2D eigenvalue weighted by Crippen LogP contribution is 2.31. The number of methoxy groups -OCH3 is 1. The Morgan fingerprint density at radius 3 is 2.76 bits per heavy atom. The second-order valence-electron chi connectivity index (χ2n) is 3.25. The molecule has 0 aliphatic carbocycles. The van der Waals surface area contributed by atoms with Crippen molar-refractivity contribution in [3.63, 3.8) is 0 Å². The van der Waals surface area contributed by atoms with Crippen LogP contribution in [0.25, 0.3) is 11.3 Å². The first-order chi connectivity index (χ1) is 8.13. The fraction of sp³-hybridized carbons (Fsp3) is 0.0833. The third-order valence-electron chi connectivity index (χ3n) is 2.20. The largest absolute Gasteiger partial charge is 0.463 e. The van der Waals surface area contributed by atoms with Gasteiger partial charge in [0.25, 0.3) is 0 Å². The van der Waals surface area contributed by atoms with Gasteiger partial charge in [-0.2, -0.15) is 0 Å². The zero-order valence-corrected chi connectivity index (χ0v) is 9.62. The summed E-state index contributed by atoms with van der Waals surface area (Å²) in [5.41, 5.74) is 0.129. The zero-order chi connectivity index (χ0) is 12.4. The second kappa shape index (κ2) is 4.59. The first kappa shape index (κ1) is 11.7. The lowest BCUT2D eigenvalue weighted by molar-refractivity contribution is 0.0566. The van der Waals surface area contributed by atoms with E-state index in [4.69, 9.17) is 16.0 Å². The van der Waals surface area contributed by atoms with E-state index in [2.05, 4.69) is 4.74 Å². The van der Waals surface area contributed by atoms with Crippen molar-refractivity contribution in [3.05, 3.63) is 46.9 Å². The Labute approximate surface area is 102 Å². The fourth-order valence-electron chi connectivity index (χ4n) is 1.42. The Morgan fingerprint density at radius 1 is 1.35 bits per heavy atom. The molecule has 2 rings (SSSR count). The zero-order valence-electron chi connectivity index (χ0n) is 8.87. The highest BCUT2D eigenvalue weighted by atomic mass is 35.5. The number of hydrogen-bond donors (Lipinski definition) is 0.